The first kappa shape index (κ1) is 23.3. The molecule has 1 atom stereocenters. The van der Waals surface area contributed by atoms with E-state index in [1.807, 2.05) is 0 Å². The predicted molar refractivity (Wildman–Crippen MR) is 120 cm³/mol. The Morgan fingerprint density at radius 1 is 1.08 bits per heavy atom. The summed E-state index contributed by atoms with van der Waals surface area (Å²) >= 11 is 0. The van der Waals surface area contributed by atoms with Gasteiger partial charge in [-0.3, -0.25) is 4.79 Å². The van der Waals surface area contributed by atoms with Gasteiger partial charge in [-0.1, -0.05) is 0 Å². The molecule has 0 radical (unpaired) electrons. The van der Waals surface area contributed by atoms with E-state index in [0.717, 1.165) is 12.3 Å². The monoisotopic (exact) mass is 499 g/mol. The van der Waals surface area contributed by atoms with E-state index in [1.165, 1.54) is 45.2 Å². The number of rotatable bonds is 5. The number of primary amides is 1. The summed E-state index contributed by atoms with van der Waals surface area (Å²) in [6.07, 6.45) is 3.59. The molecule has 0 aliphatic carbocycles. The minimum atomic E-state index is -0.739. The van der Waals surface area contributed by atoms with Crippen LogP contribution in [0.3, 0.4) is 0 Å². The van der Waals surface area contributed by atoms with Crippen LogP contribution >= 0.6 is 0 Å². The van der Waals surface area contributed by atoms with E-state index in [4.69, 9.17) is 10.5 Å². The zero-order valence-electron chi connectivity index (χ0n) is 18.9. The number of likely N-dealkylation sites (tertiary alicyclic amines) is 1. The molecule has 0 saturated carbocycles. The van der Waals surface area contributed by atoms with Crippen LogP contribution in [0.2, 0.25) is 0 Å². The fourth-order valence-corrected chi connectivity index (χ4v) is 4.13. The van der Waals surface area contributed by atoms with Gasteiger partial charge in [0.05, 0.1) is 42.8 Å². The van der Waals surface area contributed by atoms with E-state index < -0.39 is 41.5 Å². The first-order chi connectivity index (χ1) is 17.2. The van der Waals surface area contributed by atoms with Crippen molar-refractivity contribution in [1.82, 2.24) is 24.7 Å². The lowest BCUT2D eigenvalue weighted by Crippen LogP contribution is -2.58. The van der Waals surface area contributed by atoms with E-state index in [1.54, 1.807) is 6.92 Å². The molecular weight excluding hydrogens is 479 g/mol. The number of nitrogens with zero attached hydrogens (tertiary/aromatic N) is 6. The second-order valence-corrected chi connectivity index (χ2v) is 8.42. The third kappa shape index (κ3) is 4.23. The number of aromatic nitrogens is 3. The number of pyridine rings is 1. The average Bonchev–Trinajstić information content (AvgIpc) is 3.43. The van der Waals surface area contributed by atoms with E-state index in [9.17, 15) is 22.8 Å². The van der Waals surface area contributed by atoms with E-state index in [2.05, 4.69) is 15.2 Å². The fraction of sp³-hybridized carbons (Fsp3) is 0.261. The van der Waals surface area contributed by atoms with Crippen LogP contribution in [0.4, 0.5) is 18.0 Å². The van der Waals surface area contributed by atoms with Crippen LogP contribution < -0.4 is 10.5 Å². The molecule has 0 bridgehead atoms. The summed E-state index contributed by atoms with van der Waals surface area (Å²) < 4.78 is 48.8. The van der Waals surface area contributed by atoms with Gasteiger partial charge in [0.2, 0.25) is 0 Å². The molecule has 3 aromatic rings. The van der Waals surface area contributed by atoms with E-state index in [0.29, 0.717) is 17.7 Å². The third-order valence-corrected chi connectivity index (χ3v) is 6.01. The number of carbonyl (C=O) groups excluding carboxylic acids is 2. The Balaban J connectivity index is 1.25. The van der Waals surface area contributed by atoms with Crippen molar-refractivity contribution in [2.45, 2.75) is 25.5 Å². The van der Waals surface area contributed by atoms with Crippen molar-refractivity contribution in [3.8, 4) is 11.6 Å². The number of nitrogens with two attached hydrogens (primary N) is 1. The zero-order valence-corrected chi connectivity index (χ0v) is 18.9. The highest BCUT2D eigenvalue weighted by molar-refractivity contribution is 5.93. The van der Waals surface area contributed by atoms with Crippen LogP contribution in [-0.4, -0.2) is 62.0 Å². The summed E-state index contributed by atoms with van der Waals surface area (Å²) in [5.74, 6) is -2.71. The maximum absolute atomic E-state index is 14.4. The molecule has 5 rings (SSSR count). The lowest BCUT2D eigenvalue weighted by atomic mass is 10.0. The number of halogens is 3. The van der Waals surface area contributed by atoms with Gasteiger partial charge >= 0.3 is 6.03 Å². The molecule has 186 valence electrons. The standard InChI is InChI=1S/C23H20F3N7O3/c1-12-17(22(27)34)8-30-32(12)21-7-20(18(26)9-28-21)36-16-10-31(11-16)23(35)33-19(2-3-29-33)13-4-14(24)6-15(25)5-13/h3-9,16,19H,2,10-11H2,1H3,(H2,27,34)/t19-/m0/s1. The molecule has 1 fully saturated rings. The Bertz CT molecular complexity index is 1370. The first-order valence-corrected chi connectivity index (χ1v) is 10.9. The highest BCUT2D eigenvalue weighted by atomic mass is 19.1. The summed E-state index contributed by atoms with van der Waals surface area (Å²) in [5.41, 5.74) is 6.26. The number of hydrogen-bond acceptors (Lipinski definition) is 6. The van der Waals surface area contributed by atoms with Gasteiger partial charge in [0, 0.05) is 24.8 Å². The number of hydrogen-bond donors (Lipinski definition) is 1. The maximum Gasteiger partial charge on any atom is 0.341 e. The molecule has 0 unspecified atom stereocenters. The zero-order chi connectivity index (χ0) is 25.6. The topological polar surface area (TPSA) is 119 Å². The number of ether oxygens (including phenoxy) is 1. The summed E-state index contributed by atoms with van der Waals surface area (Å²) in [7, 11) is 0. The highest BCUT2D eigenvalue weighted by Crippen LogP contribution is 2.32. The van der Waals surface area contributed by atoms with Crippen molar-refractivity contribution in [3.05, 3.63) is 70.9 Å². The van der Waals surface area contributed by atoms with Crippen molar-refractivity contribution < 1.29 is 27.5 Å². The minimum absolute atomic E-state index is 0.0973. The molecule has 13 heteroatoms. The summed E-state index contributed by atoms with van der Waals surface area (Å²) in [6, 6.07) is 3.34. The number of carbonyl (C=O) groups is 2. The van der Waals surface area contributed by atoms with Crippen LogP contribution in [0, 0.1) is 24.4 Å². The van der Waals surface area contributed by atoms with Crippen LogP contribution in [0.5, 0.6) is 5.75 Å². The maximum atomic E-state index is 14.4. The first-order valence-electron chi connectivity index (χ1n) is 10.9. The molecule has 2 aliphatic heterocycles. The molecule has 2 aliphatic rings. The lowest BCUT2D eigenvalue weighted by molar-refractivity contribution is 0.0256. The van der Waals surface area contributed by atoms with Crippen molar-refractivity contribution >= 4 is 18.2 Å². The van der Waals surface area contributed by atoms with E-state index >= 15 is 0 Å². The van der Waals surface area contributed by atoms with Gasteiger partial charge < -0.3 is 15.4 Å². The Morgan fingerprint density at radius 3 is 2.47 bits per heavy atom. The second-order valence-electron chi connectivity index (χ2n) is 8.42. The van der Waals surface area contributed by atoms with Crippen molar-refractivity contribution in [2.24, 2.45) is 10.8 Å². The van der Waals surface area contributed by atoms with Gasteiger partial charge in [0.25, 0.3) is 5.91 Å². The van der Waals surface area contributed by atoms with Gasteiger partial charge in [-0.15, -0.1) is 0 Å². The second kappa shape index (κ2) is 8.98. The lowest BCUT2D eigenvalue weighted by Gasteiger charge is -2.41. The van der Waals surface area contributed by atoms with Gasteiger partial charge in [0.1, 0.15) is 17.7 Å². The van der Waals surface area contributed by atoms with Gasteiger partial charge in [-0.05, 0) is 24.6 Å². The molecular formula is C23H20F3N7O3. The quantitative estimate of drug-likeness (QED) is 0.579. The van der Waals surface area contributed by atoms with Crippen molar-refractivity contribution in [1.29, 1.82) is 0 Å². The minimum Gasteiger partial charge on any atom is -0.483 e. The molecule has 1 aromatic carbocycles. The Morgan fingerprint density at radius 2 is 1.81 bits per heavy atom. The average molecular weight is 499 g/mol. The number of amides is 3. The third-order valence-electron chi connectivity index (χ3n) is 6.01. The van der Waals surface area contributed by atoms with Crippen LogP contribution in [-0.2, 0) is 0 Å². The Kier molecular flexibility index (Phi) is 5.82. The number of urea groups is 1. The van der Waals surface area contributed by atoms with Crippen LogP contribution in [0.1, 0.15) is 34.1 Å². The SMILES string of the molecule is Cc1c(C(N)=O)cnn1-c1cc(OC2CN(C(=O)N3N=CC[C@H]3c3cc(F)cc(F)c3)C2)c(F)cn1. The summed E-state index contributed by atoms with van der Waals surface area (Å²) in [5, 5.41) is 9.31. The van der Waals surface area contributed by atoms with Crippen molar-refractivity contribution in [3.63, 3.8) is 0 Å². The van der Waals surface area contributed by atoms with Crippen LogP contribution in [0.15, 0.2) is 41.8 Å². The predicted octanol–water partition coefficient (Wildman–Crippen LogP) is 2.71. The van der Waals surface area contributed by atoms with Gasteiger partial charge in [-0.2, -0.15) is 10.2 Å². The van der Waals surface area contributed by atoms with Crippen LogP contribution in [0.25, 0.3) is 5.82 Å². The molecule has 1 saturated heterocycles. The molecule has 10 nitrogen and oxygen atoms in total. The normalized spacial score (nSPS) is 17.4. The van der Waals surface area contributed by atoms with Crippen molar-refractivity contribution in [2.75, 3.05) is 13.1 Å². The number of hydrazone groups is 1. The Hall–Kier alpha value is -4.42. The molecule has 2 N–H and O–H groups in total. The molecule has 36 heavy (non-hydrogen) atoms. The smallest absolute Gasteiger partial charge is 0.341 e. The van der Waals surface area contributed by atoms with Gasteiger partial charge in [-0.25, -0.2) is 32.6 Å². The molecule has 4 heterocycles. The van der Waals surface area contributed by atoms with Gasteiger partial charge in [0.15, 0.2) is 17.4 Å². The van der Waals surface area contributed by atoms with E-state index in [-0.39, 0.29) is 30.2 Å². The molecule has 2 aromatic heterocycles. The Labute approximate surface area is 202 Å². The summed E-state index contributed by atoms with van der Waals surface area (Å²) in [4.78, 5) is 29.8. The fourth-order valence-electron chi connectivity index (χ4n) is 4.13. The number of benzene rings is 1. The largest absolute Gasteiger partial charge is 0.483 e. The molecule has 3 amide bonds. The summed E-state index contributed by atoms with van der Waals surface area (Å²) in [6.45, 7) is 1.93. The molecule has 0 spiro atoms. The highest BCUT2D eigenvalue weighted by Gasteiger charge is 2.39.